The maximum Gasteiger partial charge on any atom is 0.282 e. The van der Waals surface area contributed by atoms with Crippen molar-refractivity contribution in [2.24, 2.45) is 0 Å². The summed E-state index contributed by atoms with van der Waals surface area (Å²) < 4.78 is 0.836. The number of carbonyl (C=O) groups excluding carboxylic acids is 2. The lowest BCUT2D eigenvalue weighted by Crippen LogP contribution is -2.47. The SMILES string of the molecule is CCN1CCN(C2=C(c3cccs3)C(=O)N(c3cccc(Br)c3)C2=O)CC1. The summed E-state index contributed by atoms with van der Waals surface area (Å²) >= 11 is 4.93. The van der Waals surface area contributed by atoms with E-state index in [-0.39, 0.29) is 11.8 Å². The van der Waals surface area contributed by atoms with Crippen molar-refractivity contribution >= 4 is 50.3 Å². The summed E-state index contributed by atoms with van der Waals surface area (Å²) in [6.45, 7) is 6.45. The molecule has 3 heterocycles. The van der Waals surface area contributed by atoms with Crippen LogP contribution in [0.5, 0.6) is 0 Å². The fourth-order valence-electron chi connectivity index (χ4n) is 3.59. The molecule has 7 heteroatoms. The molecule has 2 aliphatic rings. The molecule has 0 radical (unpaired) electrons. The number of likely N-dealkylation sites (N-methyl/N-ethyl adjacent to an activating group) is 1. The molecule has 0 aliphatic carbocycles. The molecule has 2 aromatic rings. The molecule has 1 aromatic heterocycles. The number of hydrogen-bond donors (Lipinski definition) is 0. The Bertz CT molecular complexity index is 902. The molecule has 1 saturated heterocycles. The maximum absolute atomic E-state index is 13.4. The smallest absolute Gasteiger partial charge is 0.282 e. The van der Waals surface area contributed by atoms with Crippen molar-refractivity contribution in [1.29, 1.82) is 0 Å². The highest BCUT2D eigenvalue weighted by Crippen LogP contribution is 2.37. The third kappa shape index (κ3) is 3.35. The van der Waals surface area contributed by atoms with Gasteiger partial charge in [0.2, 0.25) is 0 Å². The number of rotatable bonds is 4. The number of benzene rings is 1. The van der Waals surface area contributed by atoms with Crippen LogP contribution in [0.3, 0.4) is 0 Å². The van der Waals surface area contributed by atoms with E-state index in [9.17, 15) is 9.59 Å². The monoisotopic (exact) mass is 445 g/mol. The highest BCUT2D eigenvalue weighted by atomic mass is 79.9. The number of carbonyl (C=O) groups is 2. The van der Waals surface area contributed by atoms with Gasteiger partial charge in [-0.2, -0.15) is 0 Å². The summed E-state index contributed by atoms with van der Waals surface area (Å²) in [5, 5.41) is 1.94. The van der Waals surface area contributed by atoms with E-state index < -0.39 is 0 Å². The van der Waals surface area contributed by atoms with Gasteiger partial charge in [-0.25, -0.2) is 4.90 Å². The highest BCUT2D eigenvalue weighted by molar-refractivity contribution is 9.10. The number of halogens is 1. The third-order valence-corrected chi connectivity index (χ3v) is 6.41. The molecule has 5 nitrogen and oxygen atoms in total. The summed E-state index contributed by atoms with van der Waals surface area (Å²) in [5.74, 6) is -0.472. The predicted octanol–water partition coefficient (Wildman–Crippen LogP) is 3.43. The molecule has 0 atom stereocenters. The summed E-state index contributed by atoms with van der Waals surface area (Å²) in [6, 6.07) is 11.2. The Morgan fingerprint density at radius 3 is 2.44 bits per heavy atom. The first kappa shape index (κ1) is 18.4. The molecular formula is C20H20BrN3O2S. The molecule has 2 amide bonds. The number of nitrogens with zero attached hydrogens (tertiary/aromatic N) is 3. The van der Waals surface area contributed by atoms with Crippen LogP contribution in [-0.4, -0.2) is 54.3 Å². The zero-order chi connectivity index (χ0) is 19.0. The third-order valence-electron chi connectivity index (χ3n) is 5.03. The maximum atomic E-state index is 13.4. The van der Waals surface area contributed by atoms with E-state index >= 15 is 0 Å². The van der Waals surface area contributed by atoms with Gasteiger partial charge in [0.25, 0.3) is 11.8 Å². The molecule has 0 unspecified atom stereocenters. The Morgan fingerprint density at radius 2 is 1.81 bits per heavy atom. The molecule has 0 bridgehead atoms. The number of thiophene rings is 1. The normalized spacial score (nSPS) is 18.7. The number of piperazine rings is 1. The second-order valence-corrected chi connectivity index (χ2v) is 8.41. The fourth-order valence-corrected chi connectivity index (χ4v) is 4.74. The van der Waals surface area contributed by atoms with Gasteiger partial charge in [0, 0.05) is 35.5 Å². The largest absolute Gasteiger partial charge is 0.364 e. The molecule has 1 aromatic carbocycles. The van der Waals surface area contributed by atoms with Gasteiger partial charge in [-0.1, -0.05) is 35.0 Å². The van der Waals surface area contributed by atoms with Crippen LogP contribution in [0.15, 0.2) is 51.9 Å². The Balaban J connectivity index is 1.75. The standard InChI is InChI=1S/C20H20BrN3O2S/c1-2-22-8-10-23(11-9-22)18-17(16-7-4-12-27-16)19(25)24(20(18)26)15-6-3-5-14(21)13-15/h3-7,12-13H,2,8-11H2,1H3. The van der Waals surface area contributed by atoms with Crippen molar-refractivity contribution in [2.45, 2.75) is 6.92 Å². The van der Waals surface area contributed by atoms with Crippen LogP contribution in [-0.2, 0) is 9.59 Å². The zero-order valence-electron chi connectivity index (χ0n) is 15.0. The van der Waals surface area contributed by atoms with Crippen molar-refractivity contribution in [1.82, 2.24) is 9.80 Å². The molecular weight excluding hydrogens is 426 g/mol. The van der Waals surface area contributed by atoms with Crippen LogP contribution in [0, 0.1) is 0 Å². The van der Waals surface area contributed by atoms with E-state index in [1.807, 2.05) is 29.6 Å². The first-order valence-corrected chi connectivity index (χ1v) is 10.7. The van der Waals surface area contributed by atoms with E-state index in [0.717, 1.165) is 42.1 Å². The lowest BCUT2D eigenvalue weighted by atomic mass is 10.1. The van der Waals surface area contributed by atoms with Gasteiger partial charge in [-0.15, -0.1) is 11.3 Å². The van der Waals surface area contributed by atoms with Gasteiger partial charge in [0.05, 0.1) is 11.3 Å². The summed E-state index contributed by atoms with van der Waals surface area (Å²) in [4.78, 5) is 33.3. The molecule has 140 valence electrons. The summed E-state index contributed by atoms with van der Waals surface area (Å²) in [5.41, 5.74) is 1.66. The van der Waals surface area contributed by atoms with Crippen molar-refractivity contribution < 1.29 is 9.59 Å². The molecule has 0 saturated carbocycles. The molecule has 0 spiro atoms. The number of anilines is 1. The van der Waals surface area contributed by atoms with Gasteiger partial charge in [0.15, 0.2) is 0 Å². The first-order chi connectivity index (χ1) is 13.1. The van der Waals surface area contributed by atoms with Crippen LogP contribution < -0.4 is 4.90 Å². The Labute approximate surface area is 171 Å². The van der Waals surface area contributed by atoms with Gasteiger partial charge in [0.1, 0.15) is 5.70 Å². The van der Waals surface area contributed by atoms with Crippen LogP contribution in [0.4, 0.5) is 5.69 Å². The van der Waals surface area contributed by atoms with E-state index in [0.29, 0.717) is 17.0 Å². The Morgan fingerprint density at radius 1 is 1.04 bits per heavy atom. The fraction of sp³-hybridized carbons (Fsp3) is 0.300. The average Bonchev–Trinajstić information content (AvgIpc) is 3.28. The van der Waals surface area contributed by atoms with Crippen LogP contribution >= 0.6 is 27.3 Å². The number of hydrogen-bond acceptors (Lipinski definition) is 5. The van der Waals surface area contributed by atoms with Crippen molar-refractivity contribution in [3.63, 3.8) is 0 Å². The summed E-state index contributed by atoms with van der Waals surface area (Å²) in [6.07, 6.45) is 0. The summed E-state index contributed by atoms with van der Waals surface area (Å²) in [7, 11) is 0. The van der Waals surface area contributed by atoms with E-state index in [1.165, 1.54) is 16.2 Å². The minimum Gasteiger partial charge on any atom is -0.364 e. The second kappa shape index (κ2) is 7.58. The highest BCUT2D eigenvalue weighted by Gasteiger charge is 2.43. The Kier molecular flexibility index (Phi) is 5.16. The van der Waals surface area contributed by atoms with Crippen LogP contribution in [0.2, 0.25) is 0 Å². The van der Waals surface area contributed by atoms with Crippen LogP contribution in [0.25, 0.3) is 5.57 Å². The molecule has 0 N–H and O–H groups in total. The predicted molar refractivity (Wildman–Crippen MR) is 112 cm³/mol. The van der Waals surface area contributed by atoms with E-state index in [1.54, 1.807) is 12.1 Å². The van der Waals surface area contributed by atoms with Crippen molar-refractivity contribution in [3.8, 4) is 0 Å². The first-order valence-electron chi connectivity index (χ1n) is 9.00. The van der Waals surface area contributed by atoms with Crippen molar-refractivity contribution in [3.05, 3.63) is 56.8 Å². The lowest BCUT2D eigenvalue weighted by Gasteiger charge is -2.35. The van der Waals surface area contributed by atoms with Gasteiger partial charge < -0.3 is 9.80 Å². The van der Waals surface area contributed by atoms with Crippen LogP contribution in [0.1, 0.15) is 11.8 Å². The van der Waals surface area contributed by atoms with Gasteiger partial charge >= 0.3 is 0 Å². The lowest BCUT2D eigenvalue weighted by molar-refractivity contribution is -0.120. The van der Waals surface area contributed by atoms with Gasteiger partial charge in [-0.05, 0) is 36.2 Å². The number of imide groups is 1. The minimum absolute atomic E-state index is 0.230. The second-order valence-electron chi connectivity index (χ2n) is 6.55. The van der Waals surface area contributed by atoms with E-state index in [4.69, 9.17) is 0 Å². The topological polar surface area (TPSA) is 43.9 Å². The Hall–Kier alpha value is -1.96. The molecule has 4 rings (SSSR count). The zero-order valence-corrected chi connectivity index (χ0v) is 17.4. The van der Waals surface area contributed by atoms with E-state index in [2.05, 4.69) is 32.7 Å². The minimum atomic E-state index is -0.242. The van der Waals surface area contributed by atoms with Crippen molar-refractivity contribution in [2.75, 3.05) is 37.6 Å². The number of amides is 2. The molecule has 1 fully saturated rings. The molecule has 27 heavy (non-hydrogen) atoms. The quantitative estimate of drug-likeness (QED) is 0.676. The van der Waals surface area contributed by atoms with Gasteiger partial charge in [-0.3, -0.25) is 9.59 Å². The average molecular weight is 446 g/mol. The molecule has 2 aliphatic heterocycles.